The van der Waals surface area contributed by atoms with Crippen molar-refractivity contribution >= 4 is 33.8 Å². The van der Waals surface area contributed by atoms with E-state index in [1.165, 1.54) is 22.0 Å². The number of rotatable bonds is 3. The van der Waals surface area contributed by atoms with Crippen LogP contribution in [0.1, 0.15) is 16.1 Å². The predicted octanol–water partition coefficient (Wildman–Crippen LogP) is 1.35. The van der Waals surface area contributed by atoms with Crippen LogP contribution < -0.4 is 11.1 Å². The van der Waals surface area contributed by atoms with Gasteiger partial charge in [-0.05, 0) is 0 Å². The third kappa shape index (κ3) is 2.60. The van der Waals surface area contributed by atoms with E-state index in [1.54, 1.807) is 0 Å². The van der Waals surface area contributed by atoms with Crippen molar-refractivity contribution in [3.8, 4) is 16.6 Å². The number of hydrogen-bond donors (Lipinski definition) is 2. The molecule has 3 aromatic heterocycles. The highest BCUT2D eigenvalue weighted by molar-refractivity contribution is 7.18. The van der Waals surface area contributed by atoms with E-state index in [4.69, 9.17) is 11.0 Å². The number of nitriles is 1. The molecule has 0 bridgehead atoms. The molecule has 11 heteroatoms. The largest absolute Gasteiger partial charge is 0.381 e. The Morgan fingerprint density at radius 2 is 2.00 bits per heavy atom. The molecule has 0 unspecified atom stereocenters. The Balaban J connectivity index is 1.62. The zero-order chi connectivity index (χ0) is 18.1. The van der Waals surface area contributed by atoms with Gasteiger partial charge in [-0.25, -0.2) is 0 Å². The van der Waals surface area contributed by atoms with Crippen molar-refractivity contribution in [1.82, 2.24) is 30.0 Å². The molecule has 1 amide bonds. The summed E-state index contributed by atoms with van der Waals surface area (Å²) in [6, 6.07) is 11.3. The summed E-state index contributed by atoms with van der Waals surface area (Å²) in [7, 11) is 0. The van der Waals surface area contributed by atoms with E-state index in [0.717, 1.165) is 5.56 Å². The molecule has 126 valence electrons. The van der Waals surface area contributed by atoms with Gasteiger partial charge in [0.15, 0.2) is 11.5 Å². The summed E-state index contributed by atoms with van der Waals surface area (Å²) in [5.41, 5.74) is 6.93. The van der Waals surface area contributed by atoms with Gasteiger partial charge in [0.05, 0.1) is 6.20 Å². The molecule has 0 radical (unpaired) electrons. The minimum absolute atomic E-state index is 0.0128. The average molecular weight is 363 g/mol. The van der Waals surface area contributed by atoms with Gasteiger partial charge >= 0.3 is 0 Å². The number of aromatic nitrogens is 6. The van der Waals surface area contributed by atoms with E-state index in [9.17, 15) is 4.79 Å². The number of anilines is 2. The van der Waals surface area contributed by atoms with Crippen molar-refractivity contribution in [3.63, 3.8) is 0 Å². The Morgan fingerprint density at radius 3 is 2.77 bits per heavy atom. The normalized spacial score (nSPS) is 10.6. The number of fused-ring (bicyclic) bond motifs is 1. The summed E-state index contributed by atoms with van der Waals surface area (Å²) in [5.74, 6) is -0.465. The minimum Gasteiger partial charge on any atom is -0.381 e. The number of hydrogen-bond acceptors (Lipinski definition) is 9. The molecule has 10 nitrogen and oxygen atoms in total. The first-order valence-corrected chi connectivity index (χ1v) is 8.09. The summed E-state index contributed by atoms with van der Waals surface area (Å²) >= 11 is 1.24. The molecule has 0 atom stereocenters. The van der Waals surface area contributed by atoms with Crippen molar-refractivity contribution in [2.24, 2.45) is 0 Å². The van der Waals surface area contributed by atoms with Crippen LogP contribution in [0.3, 0.4) is 0 Å². The van der Waals surface area contributed by atoms with Crippen LogP contribution >= 0.6 is 11.3 Å². The Hall–Kier alpha value is -3.91. The molecule has 1 aromatic carbocycles. The highest BCUT2D eigenvalue weighted by Gasteiger charge is 2.19. The molecule has 0 aliphatic rings. The van der Waals surface area contributed by atoms with Gasteiger partial charge in [0.2, 0.25) is 10.8 Å². The Morgan fingerprint density at radius 1 is 1.19 bits per heavy atom. The molecule has 4 aromatic rings. The van der Waals surface area contributed by atoms with Gasteiger partial charge in [-0.1, -0.05) is 41.7 Å². The standard InChI is InChI=1S/C15H9N9OS/c16-6-10-11(17)24-12(21-20-10)9(7-18-24)13(25)19-15-23-22-14(26-15)8-4-2-1-3-5-8/h1-5,7H,17H2,(H,19,23,25). The van der Waals surface area contributed by atoms with E-state index in [2.05, 4.69) is 30.8 Å². The zero-order valence-electron chi connectivity index (χ0n) is 13.0. The second-order valence-corrected chi connectivity index (χ2v) is 6.05. The lowest BCUT2D eigenvalue weighted by Gasteiger charge is -2.00. The first kappa shape index (κ1) is 15.6. The summed E-state index contributed by atoms with van der Waals surface area (Å²) in [4.78, 5) is 12.5. The molecule has 26 heavy (non-hydrogen) atoms. The zero-order valence-corrected chi connectivity index (χ0v) is 13.8. The Bertz CT molecular complexity index is 1160. The summed E-state index contributed by atoms with van der Waals surface area (Å²) in [6.45, 7) is 0. The maximum Gasteiger partial charge on any atom is 0.263 e. The van der Waals surface area contributed by atoms with Crippen molar-refractivity contribution in [2.75, 3.05) is 11.1 Å². The van der Waals surface area contributed by atoms with Crippen molar-refractivity contribution in [2.45, 2.75) is 0 Å². The number of nitrogens with two attached hydrogens (primary N) is 1. The highest BCUT2D eigenvalue weighted by atomic mass is 32.1. The molecule has 0 saturated heterocycles. The number of nitrogens with one attached hydrogen (secondary N) is 1. The fourth-order valence-electron chi connectivity index (χ4n) is 2.24. The smallest absolute Gasteiger partial charge is 0.263 e. The van der Waals surface area contributed by atoms with Crippen LogP contribution in [0.2, 0.25) is 0 Å². The van der Waals surface area contributed by atoms with Crippen molar-refractivity contribution in [3.05, 3.63) is 47.8 Å². The van der Waals surface area contributed by atoms with Crippen LogP contribution in [0.5, 0.6) is 0 Å². The third-order valence-corrected chi connectivity index (χ3v) is 4.36. The second-order valence-electron chi connectivity index (χ2n) is 5.07. The highest BCUT2D eigenvalue weighted by Crippen LogP contribution is 2.26. The fourth-order valence-corrected chi connectivity index (χ4v) is 2.98. The maximum absolute atomic E-state index is 12.5. The maximum atomic E-state index is 12.5. The second kappa shape index (κ2) is 6.19. The van der Waals surface area contributed by atoms with E-state index >= 15 is 0 Å². The molecule has 3 heterocycles. The molecule has 0 saturated carbocycles. The van der Waals surface area contributed by atoms with Crippen LogP contribution in [0.4, 0.5) is 10.9 Å². The average Bonchev–Trinajstić information content (AvgIpc) is 3.30. The molecular formula is C15H9N9OS. The van der Waals surface area contributed by atoms with Crippen molar-refractivity contribution in [1.29, 1.82) is 5.26 Å². The van der Waals surface area contributed by atoms with E-state index in [-0.39, 0.29) is 22.7 Å². The third-order valence-electron chi connectivity index (χ3n) is 3.48. The van der Waals surface area contributed by atoms with E-state index in [1.807, 2.05) is 36.4 Å². The number of nitrogen functional groups attached to an aromatic ring is 1. The Kier molecular flexibility index (Phi) is 3.71. The van der Waals surface area contributed by atoms with Crippen LogP contribution in [0.25, 0.3) is 16.2 Å². The van der Waals surface area contributed by atoms with Crippen LogP contribution in [0, 0.1) is 11.3 Å². The van der Waals surface area contributed by atoms with E-state index < -0.39 is 5.91 Å². The van der Waals surface area contributed by atoms with Gasteiger partial charge in [-0.15, -0.1) is 20.4 Å². The monoisotopic (exact) mass is 363 g/mol. The lowest BCUT2D eigenvalue weighted by Crippen LogP contribution is -2.13. The summed E-state index contributed by atoms with van der Waals surface area (Å²) < 4.78 is 1.19. The van der Waals surface area contributed by atoms with Gasteiger partial charge in [0, 0.05) is 5.56 Å². The summed E-state index contributed by atoms with van der Waals surface area (Å²) in [6.07, 6.45) is 1.30. The molecule has 4 rings (SSSR count). The number of carbonyl (C=O) groups excluding carboxylic acids is 1. The van der Waals surface area contributed by atoms with Gasteiger partial charge in [0.25, 0.3) is 5.91 Å². The van der Waals surface area contributed by atoms with Gasteiger partial charge in [-0.2, -0.15) is 14.9 Å². The number of benzene rings is 1. The molecule has 0 aliphatic heterocycles. The molecular weight excluding hydrogens is 354 g/mol. The van der Waals surface area contributed by atoms with Gasteiger partial charge < -0.3 is 5.73 Å². The van der Waals surface area contributed by atoms with Gasteiger partial charge in [0.1, 0.15) is 16.6 Å². The number of amides is 1. The Labute approximate surface area is 149 Å². The minimum atomic E-state index is -0.478. The van der Waals surface area contributed by atoms with Crippen LogP contribution in [-0.2, 0) is 0 Å². The van der Waals surface area contributed by atoms with Crippen LogP contribution in [-0.4, -0.2) is 35.9 Å². The predicted molar refractivity (Wildman–Crippen MR) is 93.2 cm³/mol. The lowest BCUT2D eigenvalue weighted by molar-refractivity contribution is 0.102. The molecule has 0 fully saturated rings. The van der Waals surface area contributed by atoms with Crippen LogP contribution in [0.15, 0.2) is 36.5 Å². The first-order chi connectivity index (χ1) is 12.7. The lowest BCUT2D eigenvalue weighted by atomic mass is 10.2. The number of carbonyl (C=O) groups is 1. The first-order valence-electron chi connectivity index (χ1n) is 7.27. The quantitative estimate of drug-likeness (QED) is 0.554. The fraction of sp³-hybridized carbons (Fsp3) is 0. The molecule has 3 N–H and O–H groups in total. The SMILES string of the molecule is N#Cc1nnc2c(C(=O)Nc3nnc(-c4ccccc4)s3)cnn2c1N. The topological polar surface area (TPSA) is 148 Å². The van der Waals surface area contributed by atoms with E-state index in [0.29, 0.717) is 10.1 Å². The number of nitrogens with zero attached hydrogens (tertiary/aromatic N) is 7. The van der Waals surface area contributed by atoms with Gasteiger partial charge in [-0.3, -0.25) is 10.1 Å². The molecule has 0 aliphatic carbocycles. The van der Waals surface area contributed by atoms with Crippen molar-refractivity contribution < 1.29 is 4.79 Å². The summed E-state index contributed by atoms with van der Waals surface area (Å²) in [5, 5.41) is 32.2. The molecule has 0 spiro atoms.